The van der Waals surface area contributed by atoms with E-state index in [2.05, 4.69) is 172 Å². The summed E-state index contributed by atoms with van der Waals surface area (Å²) in [5, 5.41) is 12.6. The standard InChI is InChI=1S/C49H32O/c1-49(2)41-26-23-31(28-40(41)38-25-22-30-24-27-43-47(45(30)48(38)49)39-19-9-10-21-42(39)50-43)44-34-15-5-7-17-36(34)46(37-18-8-6-16-35(37)44)33-20-11-13-29-12-3-4-14-32(29)33/h3-28H,1-2H3. The second-order valence-electron chi connectivity index (χ2n) is 14.4. The van der Waals surface area contributed by atoms with Gasteiger partial charge in [-0.2, -0.15) is 0 Å². The van der Waals surface area contributed by atoms with Gasteiger partial charge in [0, 0.05) is 16.2 Å². The molecule has 0 atom stereocenters. The second-order valence-corrected chi connectivity index (χ2v) is 14.4. The highest BCUT2D eigenvalue weighted by Crippen LogP contribution is 2.55. The molecule has 0 N–H and O–H groups in total. The SMILES string of the molecule is CC1(C)c2ccc(-c3c4ccccc4c(-c4cccc5ccccc45)c4ccccc34)cc2-c2ccc3ccc4oc5ccccc5c4c3c21. The van der Waals surface area contributed by atoms with E-state index in [1.54, 1.807) is 0 Å². The molecule has 0 aliphatic heterocycles. The van der Waals surface area contributed by atoms with Gasteiger partial charge in [0.05, 0.1) is 0 Å². The molecule has 0 amide bonds. The van der Waals surface area contributed by atoms with Gasteiger partial charge in [-0.25, -0.2) is 0 Å². The van der Waals surface area contributed by atoms with Crippen LogP contribution in [0.25, 0.3) is 98.4 Å². The van der Waals surface area contributed by atoms with Crippen molar-refractivity contribution in [2.45, 2.75) is 19.3 Å². The van der Waals surface area contributed by atoms with Crippen molar-refractivity contribution >= 4 is 65.0 Å². The Kier molecular flexibility index (Phi) is 5.51. The van der Waals surface area contributed by atoms with Gasteiger partial charge in [-0.1, -0.05) is 153 Å². The molecule has 0 bridgehead atoms. The van der Waals surface area contributed by atoms with Gasteiger partial charge in [0.15, 0.2) is 0 Å². The lowest BCUT2D eigenvalue weighted by Gasteiger charge is -2.24. The van der Waals surface area contributed by atoms with Gasteiger partial charge >= 0.3 is 0 Å². The highest BCUT2D eigenvalue weighted by molar-refractivity contribution is 6.24. The first-order valence-electron chi connectivity index (χ1n) is 17.5. The third-order valence-corrected chi connectivity index (χ3v) is 11.4. The van der Waals surface area contributed by atoms with Gasteiger partial charge in [-0.3, -0.25) is 0 Å². The lowest BCUT2D eigenvalue weighted by atomic mass is 9.79. The summed E-state index contributed by atoms with van der Waals surface area (Å²) in [6, 6.07) is 58.1. The summed E-state index contributed by atoms with van der Waals surface area (Å²) in [5.74, 6) is 0. The molecule has 1 heteroatoms. The molecule has 11 rings (SSSR count). The van der Waals surface area contributed by atoms with E-state index in [1.165, 1.54) is 98.4 Å². The predicted molar refractivity (Wildman–Crippen MR) is 212 cm³/mol. The molecule has 0 saturated heterocycles. The molecule has 0 unspecified atom stereocenters. The van der Waals surface area contributed by atoms with E-state index >= 15 is 0 Å². The quantitative estimate of drug-likeness (QED) is 0.172. The van der Waals surface area contributed by atoms with E-state index in [9.17, 15) is 0 Å². The van der Waals surface area contributed by atoms with Crippen LogP contribution in [0.15, 0.2) is 162 Å². The maximum Gasteiger partial charge on any atom is 0.136 e. The Labute approximate surface area is 290 Å². The molecule has 9 aromatic carbocycles. The number of para-hydroxylation sites is 1. The summed E-state index contributed by atoms with van der Waals surface area (Å²) in [6.07, 6.45) is 0. The van der Waals surface area contributed by atoms with Crippen LogP contribution in [0.3, 0.4) is 0 Å². The summed E-state index contributed by atoms with van der Waals surface area (Å²) < 4.78 is 6.39. The zero-order valence-electron chi connectivity index (χ0n) is 27.9. The van der Waals surface area contributed by atoms with E-state index in [1.807, 2.05) is 0 Å². The molecule has 1 aromatic heterocycles. The highest BCUT2D eigenvalue weighted by Gasteiger charge is 2.38. The Bertz CT molecular complexity index is 3000. The number of rotatable bonds is 2. The number of hydrogen-bond acceptors (Lipinski definition) is 1. The molecule has 0 radical (unpaired) electrons. The average molecular weight is 637 g/mol. The Morgan fingerprint density at radius 3 is 1.78 bits per heavy atom. The molecule has 0 fully saturated rings. The van der Waals surface area contributed by atoms with E-state index in [0.717, 1.165) is 11.2 Å². The Morgan fingerprint density at radius 1 is 0.400 bits per heavy atom. The number of furan rings is 1. The molecular weight excluding hydrogens is 605 g/mol. The maximum atomic E-state index is 6.39. The van der Waals surface area contributed by atoms with Crippen molar-refractivity contribution in [3.05, 3.63) is 169 Å². The van der Waals surface area contributed by atoms with Crippen LogP contribution in [0.1, 0.15) is 25.0 Å². The molecule has 50 heavy (non-hydrogen) atoms. The first kappa shape index (κ1) is 27.7. The minimum absolute atomic E-state index is 0.183. The molecule has 1 aliphatic carbocycles. The first-order valence-corrected chi connectivity index (χ1v) is 17.5. The predicted octanol–water partition coefficient (Wildman–Crippen LogP) is 13.8. The molecular formula is C49H32O. The van der Waals surface area contributed by atoms with Crippen molar-refractivity contribution in [3.63, 3.8) is 0 Å². The molecule has 1 heterocycles. The zero-order chi connectivity index (χ0) is 33.1. The van der Waals surface area contributed by atoms with Gasteiger partial charge < -0.3 is 4.42 Å². The zero-order valence-corrected chi connectivity index (χ0v) is 27.9. The highest BCUT2D eigenvalue weighted by atomic mass is 16.3. The summed E-state index contributed by atoms with van der Waals surface area (Å²) in [6.45, 7) is 4.78. The molecule has 1 nitrogen and oxygen atoms in total. The van der Waals surface area contributed by atoms with Gasteiger partial charge in [-0.15, -0.1) is 0 Å². The van der Waals surface area contributed by atoms with Crippen molar-refractivity contribution in [2.24, 2.45) is 0 Å². The number of fused-ring (bicyclic) bond motifs is 12. The third kappa shape index (κ3) is 3.62. The van der Waals surface area contributed by atoms with Crippen molar-refractivity contribution in [1.82, 2.24) is 0 Å². The van der Waals surface area contributed by atoms with Crippen molar-refractivity contribution in [1.29, 1.82) is 0 Å². The van der Waals surface area contributed by atoms with E-state index in [4.69, 9.17) is 4.42 Å². The van der Waals surface area contributed by atoms with Crippen LogP contribution in [0.5, 0.6) is 0 Å². The minimum Gasteiger partial charge on any atom is -0.456 e. The van der Waals surface area contributed by atoms with Crippen molar-refractivity contribution in [2.75, 3.05) is 0 Å². The fourth-order valence-corrected chi connectivity index (χ4v) is 9.28. The fraction of sp³-hybridized carbons (Fsp3) is 0.0612. The first-order chi connectivity index (χ1) is 24.6. The molecule has 1 aliphatic rings. The normalized spacial score (nSPS) is 13.6. The van der Waals surface area contributed by atoms with Crippen LogP contribution in [-0.4, -0.2) is 0 Å². The van der Waals surface area contributed by atoms with Gasteiger partial charge in [0.1, 0.15) is 11.2 Å². The third-order valence-electron chi connectivity index (χ3n) is 11.4. The minimum atomic E-state index is -0.183. The fourth-order valence-electron chi connectivity index (χ4n) is 9.28. The number of benzene rings is 9. The van der Waals surface area contributed by atoms with Crippen LogP contribution in [0, 0.1) is 0 Å². The lowest BCUT2D eigenvalue weighted by molar-refractivity contribution is 0.665. The molecule has 0 spiro atoms. The number of hydrogen-bond donors (Lipinski definition) is 0. The van der Waals surface area contributed by atoms with Gasteiger partial charge in [-0.05, 0) is 106 Å². The molecule has 10 aromatic rings. The Balaban J connectivity index is 1.21. The van der Waals surface area contributed by atoms with Crippen LogP contribution < -0.4 is 0 Å². The van der Waals surface area contributed by atoms with E-state index in [0.29, 0.717) is 0 Å². The average Bonchev–Trinajstić information content (AvgIpc) is 3.65. The Morgan fingerprint density at radius 2 is 1.02 bits per heavy atom. The van der Waals surface area contributed by atoms with Crippen LogP contribution in [-0.2, 0) is 5.41 Å². The van der Waals surface area contributed by atoms with Crippen molar-refractivity contribution < 1.29 is 4.42 Å². The topological polar surface area (TPSA) is 13.1 Å². The van der Waals surface area contributed by atoms with Gasteiger partial charge in [0.25, 0.3) is 0 Å². The smallest absolute Gasteiger partial charge is 0.136 e. The van der Waals surface area contributed by atoms with Crippen LogP contribution >= 0.6 is 0 Å². The second kappa shape index (κ2) is 9.94. The van der Waals surface area contributed by atoms with E-state index < -0.39 is 0 Å². The summed E-state index contributed by atoms with van der Waals surface area (Å²) >= 11 is 0. The molecule has 0 saturated carbocycles. The molecule has 234 valence electrons. The monoisotopic (exact) mass is 636 g/mol. The van der Waals surface area contributed by atoms with Crippen LogP contribution in [0.4, 0.5) is 0 Å². The van der Waals surface area contributed by atoms with Gasteiger partial charge in [0.2, 0.25) is 0 Å². The largest absolute Gasteiger partial charge is 0.456 e. The summed E-state index contributed by atoms with van der Waals surface area (Å²) in [7, 11) is 0. The van der Waals surface area contributed by atoms with E-state index in [-0.39, 0.29) is 5.41 Å². The maximum absolute atomic E-state index is 6.39. The summed E-state index contributed by atoms with van der Waals surface area (Å²) in [4.78, 5) is 0. The van der Waals surface area contributed by atoms with Crippen molar-refractivity contribution in [3.8, 4) is 33.4 Å². The van der Waals surface area contributed by atoms with Crippen LogP contribution in [0.2, 0.25) is 0 Å². The lowest BCUT2D eigenvalue weighted by Crippen LogP contribution is -2.15. The summed E-state index contributed by atoms with van der Waals surface area (Å²) in [5.41, 5.74) is 12.2. The Hall–Kier alpha value is -6.18.